The lowest BCUT2D eigenvalue weighted by Gasteiger charge is -2.20. The van der Waals surface area contributed by atoms with Crippen molar-refractivity contribution in [3.8, 4) is 0 Å². The third-order valence-electron chi connectivity index (χ3n) is 7.47. The molecule has 0 spiro atoms. The Morgan fingerprint density at radius 1 is 0.667 bits per heavy atom. The maximum absolute atomic E-state index is 15.5. The molecule has 0 amide bonds. The number of hydrogen-bond donors (Lipinski definition) is 0. The molecule has 0 saturated heterocycles. The fourth-order valence-electron chi connectivity index (χ4n) is 5.70. The van der Waals surface area contributed by atoms with Crippen LogP contribution in [0.4, 0.5) is 0 Å². The lowest BCUT2D eigenvalue weighted by Crippen LogP contribution is -2.26. The van der Waals surface area contributed by atoms with Gasteiger partial charge >= 0.3 is 0 Å². The van der Waals surface area contributed by atoms with Crippen LogP contribution in [-0.4, -0.2) is 24.3 Å². The predicted molar refractivity (Wildman–Crippen MR) is 158 cm³/mol. The maximum atomic E-state index is 15.5. The highest BCUT2D eigenvalue weighted by atomic mass is 31.2. The molecule has 0 aliphatic rings. The lowest BCUT2D eigenvalue weighted by molar-refractivity contribution is 0.592. The SMILES string of the molecule is O=P(c1cccnc1)(c1ccc2cncnc2c1)c1cccc2c1nc1c3ccccc3c3ccccc3n21. The van der Waals surface area contributed by atoms with Gasteiger partial charge in [-0.05, 0) is 41.8 Å². The molecule has 1 unspecified atom stereocenters. The van der Waals surface area contributed by atoms with Crippen LogP contribution >= 0.6 is 7.14 Å². The van der Waals surface area contributed by atoms with Gasteiger partial charge in [0.15, 0.2) is 7.14 Å². The molecule has 0 fully saturated rings. The predicted octanol–water partition coefficient (Wildman–Crippen LogP) is 5.77. The molecule has 4 heterocycles. The van der Waals surface area contributed by atoms with Crippen molar-refractivity contribution >= 4 is 72.3 Å². The summed E-state index contributed by atoms with van der Waals surface area (Å²) in [6, 6.07) is 32.1. The molecule has 6 nitrogen and oxygen atoms in total. The van der Waals surface area contributed by atoms with Crippen LogP contribution in [0.1, 0.15) is 0 Å². The van der Waals surface area contributed by atoms with Crippen molar-refractivity contribution in [2.24, 2.45) is 0 Å². The van der Waals surface area contributed by atoms with Crippen molar-refractivity contribution in [1.29, 1.82) is 0 Å². The Bertz CT molecular complexity index is 2280. The first kappa shape index (κ1) is 22.1. The summed E-state index contributed by atoms with van der Waals surface area (Å²) in [5.74, 6) is 0. The van der Waals surface area contributed by atoms with E-state index in [2.05, 4.69) is 61.8 Å². The molecule has 0 aliphatic carbocycles. The number of imidazole rings is 1. The van der Waals surface area contributed by atoms with Crippen molar-refractivity contribution in [3.63, 3.8) is 0 Å². The van der Waals surface area contributed by atoms with Crippen molar-refractivity contribution in [2.75, 3.05) is 0 Å². The van der Waals surface area contributed by atoms with E-state index in [0.717, 1.165) is 43.7 Å². The zero-order valence-corrected chi connectivity index (χ0v) is 21.5. The van der Waals surface area contributed by atoms with Crippen molar-refractivity contribution in [2.45, 2.75) is 0 Å². The first-order valence-corrected chi connectivity index (χ1v) is 14.4. The minimum absolute atomic E-state index is 0.651. The van der Waals surface area contributed by atoms with Gasteiger partial charge in [-0.3, -0.25) is 9.38 Å². The number of para-hydroxylation sites is 2. The van der Waals surface area contributed by atoms with Gasteiger partial charge in [-0.1, -0.05) is 60.7 Å². The smallest absolute Gasteiger partial charge is 0.174 e. The summed E-state index contributed by atoms with van der Waals surface area (Å²) in [7, 11) is -3.40. The summed E-state index contributed by atoms with van der Waals surface area (Å²) < 4.78 is 17.7. The molecule has 4 aromatic heterocycles. The third-order valence-corrected chi connectivity index (χ3v) is 10.5. The van der Waals surface area contributed by atoms with Gasteiger partial charge in [-0.25, -0.2) is 15.0 Å². The highest BCUT2D eigenvalue weighted by molar-refractivity contribution is 7.85. The lowest BCUT2D eigenvalue weighted by atomic mass is 10.1. The molecular formula is C32H20N5OP. The van der Waals surface area contributed by atoms with Crippen molar-refractivity contribution < 1.29 is 4.57 Å². The van der Waals surface area contributed by atoms with Gasteiger partial charge in [-0.15, -0.1) is 0 Å². The molecule has 39 heavy (non-hydrogen) atoms. The zero-order chi connectivity index (χ0) is 26.0. The van der Waals surface area contributed by atoms with Gasteiger partial charge in [0.2, 0.25) is 0 Å². The Kier molecular flexibility index (Phi) is 4.69. The summed E-state index contributed by atoms with van der Waals surface area (Å²) in [6.07, 6.45) is 6.68. The van der Waals surface area contributed by atoms with E-state index in [1.807, 2.05) is 54.6 Å². The number of pyridine rings is 2. The average molecular weight is 522 g/mol. The van der Waals surface area contributed by atoms with E-state index >= 15 is 4.57 Å². The molecule has 7 heteroatoms. The monoisotopic (exact) mass is 521 g/mol. The molecule has 8 aromatic rings. The molecule has 0 N–H and O–H groups in total. The van der Waals surface area contributed by atoms with Gasteiger partial charge in [0.05, 0.1) is 16.6 Å². The molecule has 1 atom stereocenters. The molecule has 0 saturated carbocycles. The Hall–Kier alpha value is -4.93. The minimum Gasteiger partial charge on any atom is -0.308 e. The van der Waals surface area contributed by atoms with Crippen LogP contribution in [0, 0.1) is 0 Å². The van der Waals surface area contributed by atoms with Crippen LogP contribution in [0.2, 0.25) is 0 Å². The number of benzene rings is 4. The molecular weight excluding hydrogens is 501 g/mol. The molecule has 0 radical (unpaired) electrons. The molecule has 8 rings (SSSR count). The quantitative estimate of drug-likeness (QED) is 0.218. The van der Waals surface area contributed by atoms with E-state index in [-0.39, 0.29) is 0 Å². The summed E-state index contributed by atoms with van der Waals surface area (Å²) in [4.78, 5) is 18.1. The highest BCUT2D eigenvalue weighted by Gasteiger charge is 2.33. The molecule has 0 bridgehead atoms. The van der Waals surface area contributed by atoms with Gasteiger partial charge in [-0.2, -0.15) is 0 Å². The minimum atomic E-state index is -3.40. The van der Waals surface area contributed by atoms with E-state index < -0.39 is 7.14 Å². The Labute approximate surface area is 223 Å². The molecule has 4 aromatic carbocycles. The van der Waals surface area contributed by atoms with Gasteiger partial charge < -0.3 is 4.57 Å². The fourth-order valence-corrected chi connectivity index (χ4v) is 8.42. The number of rotatable bonds is 3. The average Bonchev–Trinajstić information content (AvgIpc) is 3.41. The van der Waals surface area contributed by atoms with E-state index in [1.54, 1.807) is 18.6 Å². The third kappa shape index (κ3) is 3.13. The summed E-state index contributed by atoms with van der Waals surface area (Å²) in [5, 5.41) is 6.24. The second-order valence-corrected chi connectivity index (χ2v) is 12.3. The van der Waals surface area contributed by atoms with Crippen LogP contribution in [0.3, 0.4) is 0 Å². The van der Waals surface area contributed by atoms with Gasteiger partial charge in [0, 0.05) is 50.7 Å². The first-order valence-electron chi connectivity index (χ1n) is 12.7. The van der Waals surface area contributed by atoms with E-state index in [0.29, 0.717) is 21.4 Å². The Balaban J connectivity index is 1.53. The second kappa shape index (κ2) is 8.29. The highest BCUT2D eigenvalue weighted by Crippen LogP contribution is 2.45. The zero-order valence-electron chi connectivity index (χ0n) is 20.6. The van der Waals surface area contributed by atoms with Crippen LogP contribution in [0.25, 0.3) is 49.3 Å². The van der Waals surface area contributed by atoms with Crippen LogP contribution < -0.4 is 15.9 Å². The van der Waals surface area contributed by atoms with Gasteiger partial charge in [0.1, 0.15) is 17.5 Å². The summed E-state index contributed by atoms with van der Waals surface area (Å²) in [6.45, 7) is 0. The Morgan fingerprint density at radius 2 is 1.49 bits per heavy atom. The Morgan fingerprint density at radius 3 is 2.36 bits per heavy atom. The topological polar surface area (TPSA) is 73.0 Å². The summed E-state index contributed by atoms with van der Waals surface area (Å²) in [5.41, 5.74) is 4.27. The maximum Gasteiger partial charge on any atom is 0.174 e. The van der Waals surface area contributed by atoms with E-state index in [4.69, 9.17) is 4.98 Å². The van der Waals surface area contributed by atoms with E-state index in [9.17, 15) is 0 Å². The van der Waals surface area contributed by atoms with Crippen LogP contribution in [0.5, 0.6) is 0 Å². The molecule has 184 valence electrons. The van der Waals surface area contributed by atoms with Crippen LogP contribution in [-0.2, 0) is 4.57 Å². The number of fused-ring (bicyclic) bond motifs is 9. The number of nitrogens with zero attached hydrogens (tertiary/aromatic N) is 5. The van der Waals surface area contributed by atoms with Crippen LogP contribution in [0.15, 0.2) is 122 Å². The number of aromatic nitrogens is 5. The summed E-state index contributed by atoms with van der Waals surface area (Å²) >= 11 is 0. The van der Waals surface area contributed by atoms with Crippen molar-refractivity contribution in [1.82, 2.24) is 24.3 Å². The van der Waals surface area contributed by atoms with Crippen molar-refractivity contribution in [3.05, 3.63) is 122 Å². The molecule has 0 aliphatic heterocycles. The van der Waals surface area contributed by atoms with E-state index in [1.165, 1.54) is 6.33 Å². The standard InChI is InChI=1S/C32H20N5OP/c38-39(23-7-6-16-33-19-23,22-15-14-21-18-34-20-35-27(21)17-22)30-13-5-12-29-31(30)36-32-26-10-2-1-8-24(26)25-9-3-4-11-28(25)37(29)32/h1-20H. The fraction of sp³-hybridized carbons (Fsp3) is 0. The largest absolute Gasteiger partial charge is 0.308 e. The van der Waals surface area contributed by atoms with Gasteiger partial charge in [0.25, 0.3) is 0 Å². The first-order chi connectivity index (χ1) is 19.2. The number of hydrogen-bond acceptors (Lipinski definition) is 5. The normalized spacial score (nSPS) is 13.4. The second-order valence-electron chi connectivity index (χ2n) is 9.56.